The number of nitrogens with zero attached hydrogens (tertiary/aromatic N) is 1. The number of rotatable bonds is 0. The van der Waals surface area contributed by atoms with Gasteiger partial charge in [-0.2, -0.15) is 0 Å². The molecule has 8 atom stereocenters. The number of hydrogen-bond acceptors (Lipinski definition) is 3. The van der Waals surface area contributed by atoms with Crippen LogP contribution in [0.4, 0.5) is 0 Å². The summed E-state index contributed by atoms with van der Waals surface area (Å²) in [7, 11) is 0. The number of ether oxygens (including phenoxy) is 1. The van der Waals surface area contributed by atoms with Crippen molar-refractivity contribution in [1.82, 2.24) is 4.90 Å². The van der Waals surface area contributed by atoms with Gasteiger partial charge in [-0.15, -0.1) is 0 Å². The highest BCUT2D eigenvalue weighted by molar-refractivity contribution is 5.28. The smallest absolute Gasteiger partial charge is 0.116 e. The van der Waals surface area contributed by atoms with Gasteiger partial charge in [0.15, 0.2) is 0 Å². The lowest BCUT2D eigenvalue weighted by Crippen LogP contribution is -2.72. The summed E-state index contributed by atoms with van der Waals surface area (Å²) < 4.78 is 6.29. The zero-order chi connectivity index (χ0) is 17.0. The molecule has 4 bridgehead atoms. The van der Waals surface area contributed by atoms with E-state index in [4.69, 9.17) is 4.74 Å². The van der Waals surface area contributed by atoms with Crippen molar-refractivity contribution in [3.63, 3.8) is 0 Å². The number of hydrogen-bond donors (Lipinski definition) is 1. The Morgan fingerprint density at radius 2 is 1.96 bits per heavy atom. The van der Waals surface area contributed by atoms with Crippen molar-refractivity contribution in [1.29, 1.82) is 0 Å². The van der Waals surface area contributed by atoms with Crippen LogP contribution in [0.1, 0.15) is 58.3 Å². The summed E-state index contributed by atoms with van der Waals surface area (Å²) in [6.07, 6.45) is 10.6. The molecule has 3 heteroatoms. The SMILES string of the molecule is C=C1[C@H]2CC[C@@]3(CC[C@@H]4[C@@]5(C)CCC[C@@]4(CN4CCO[C@H]45)[C@@H]3C2)[C@@H]1O. The van der Waals surface area contributed by atoms with Gasteiger partial charge in [0, 0.05) is 23.9 Å². The van der Waals surface area contributed by atoms with Crippen molar-refractivity contribution in [2.75, 3.05) is 19.7 Å². The van der Waals surface area contributed by atoms with E-state index < -0.39 is 0 Å². The first-order valence-electron chi connectivity index (χ1n) is 10.7. The van der Waals surface area contributed by atoms with E-state index in [1.165, 1.54) is 63.5 Å². The van der Waals surface area contributed by atoms with Gasteiger partial charge in [-0.1, -0.05) is 19.9 Å². The predicted molar refractivity (Wildman–Crippen MR) is 96.8 cm³/mol. The van der Waals surface area contributed by atoms with E-state index in [0.717, 1.165) is 19.1 Å². The lowest BCUT2D eigenvalue weighted by atomic mass is 9.34. The minimum absolute atomic E-state index is 0.147. The van der Waals surface area contributed by atoms with Crippen molar-refractivity contribution < 1.29 is 9.84 Å². The average molecular weight is 344 g/mol. The van der Waals surface area contributed by atoms with E-state index in [2.05, 4.69) is 18.4 Å². The van der Waals surface area contributed by atoms with Crippen molar-refractivity contribution in [3.05, 3.63) is 12.2 Å². The Morgan fingerprint density at radius 1 is 1.12 bits per heavy atom. The van der Waals surface area contributed by atoms with Crippen LogP contribution < -0.4 is 0 Å². The summed E-state index contributed by atoms with van der Waals surface area (Å²) in [4.78, 5) is 2.69. The molecule has 1 spiro atoms. The summed E-state index contributed by atoms with van der Waals surface area (Å²) in [5.74, 6) is 2.08. The Morgan fingerprint density at radius 3 is 2.84 bits per heavy atom. The number of fused-ring (bicyclic) bond motifs is 4. The molecule has 0 aromatic rings. The fraction of sp³-hybridized carbons (Fsp3) is 0.909. The Balaban J connectivity index is 1.49. The van der Waals surface area contributed by atoms with Crippen molar-refractivity contribution in [2.45, 2.75) is 70.6 Å². The zero-order valence-electron chi connectivity index (χ0n) is 15.7. The van der Waals surface area contributed by atoms with E-state index in [9.17, 15) is 5.11 Å². The lowest BCUT2D eigenvalue weighted by Gasteiger charge is -2.73. The van der Waals surface area contributed by atoms with Crippen molar-refractivity contribution in [2.24, 2.45) is 34.0 Å². The third-order valence-electron chi connectivity index (χ3n) is 10.1. The van der Waals surface area contributed by atoms with Gasteiger partial charge in [-0.05, 0) is 73.7 Å². The highest BCUT2D eigenvalue weighted by atomic mass is 16.5. The Hall–Kier alpha value is -0.380. The monoisotopic (exact) mass is 343 g/mol. The van der Waals surface area contributed by atoms with Crippen LogP contribution in [0.2, 0.25) is 0 Å². The van der Waals surface area contributed by atoms with Crippen LogP contribution in [0, 0.1) is 34.0 Å². The molecule has 138 valence electrons. The lowest BCUT2D eigenvalue weighted by molar-refractivity contribution is -0.273. The molecule has 0 unspecified atom stereocenters. The molecule has 2 saturated heterocycles. The van der Waals surface area contributed by atoms with Crippen LogP contribution in [0.25, 0.3) is 0 Å². The van der Waals surface area contributed by atoms with E-state index in [0.29, 0.717) is 28.9 Å². The maximum absolute atomic E-state index is 11.3. The molecule has 7 fully saturated rings. The molecule has 1 N–H and O–H groups in total. The molecule has 0 amide bonds. The largest absolute Gasteiger partial charge is 0.388 e. The van der Waals surface area contributed by atoms with Crippen molar-refractivity contribution in [3.8, 4) is 0 Å². The van der Waals surface area contributed by atoms with Gasteiger partial charge in [0.25, 0.3) is 0 Å². The summed E-state index contributed by atoms with van der Waals surface area (Å²) in [6.45, 7) is 10.1. The van der Waals surface area contributed by atoms with Crippen LogP contribution in [-0.4, -0.2) is 42.0 Å². The second-order valence-electron chi connectivity index (χ2n) is 10.6. The van der Waals surface area contributed by atoms with Gasteiger partial charge in [-0.25, -0.2) is 0 Å². The van der Waals surface area contributed by atoms with E-state index in [-0.39, 0.29) is 11.5 Å². The third kappa shape index (κ3) is 1.62. The summed E-state index contributed by atoms with van der Waals surface area (Å²) >= 11 is 0. The standard InChI is InChI=1S/C22H33NO2/c1-14-15-4-8-21(18(14)24)9-5-16-20(2)6-3-7-22(16,17(21)12-15)13-23-10-11-25-19(20)23/h15-19,24H,1,3-13H2,2H3/t15-,16+,17+,18+,19-,20+,21-,22-/m0/s1. The Labute approximate surface area is 151 Å². The first-order valence-corrected chi connectivity index (χ1v) is 10.7. The highest BCUT2D eigenvalue weighted by Crippen LogP contribution is 2.74. The number of aliphatic hydroxyl groups is 1. The van der Waals surface area contributed by atoms with Crippen molar-refractivity contribution >= 4 is 0 Å². The van der Waals surface area contributed by atoms with Gasteiger partial charge in [0.05, 0.1) is 12.7 Å². The minimum Gasteiger partial charge on any atom is -0.388 e. The summed E-state index contributed by atoms with van der Waals surface area (Å²) in [5, 5.41) is 11.3. The van der Waals surface area contributed by atoms with Gasteiger partial charge in [-0.3, -0.25) is 4.90 Å². The van der Waals surface area contributed by atoms with E-state index in [1.54, 1.807) is 0 Å². The number of piperidine rings is 1. The van der Waals surface area contributed by atoms with Crippen LogP contribution in [0.15, 0.2) is 12.2 Å². The first kappa shape index (κ1) is 15.7. The molecule has 7 aliphatic rings. The highest BCUT2D eigenvalue weighted by Gasteiger charge is 2.71. The molecule has 2 aliphatic heterocycles. The fourth-order valence-electron chi connectivity index (χ4n) is 9.25. The minimum atomic E-state index is -0.235. The second-order valence-corrected chi connectivity index (χ2v) is 10.6. The second kappa shape index (κ2) is 4.72. The van der Waals surface area contributed by atoms with Crippen LogP contribution >= 0.6 is 0 Å². The summed E-state index contributed by atoms with van der Waals surface area (Å²) in [5.41, 5.74) is 2.07. The molecule has 2 heterocycles. The molecule has 25 heavy (non-hydrogen) atoms. The molecule has 5 aliphatic carbocycles. The third-order valence-corrected chi connectivity index (χ3v) is 10.1. The van der Waals surface area contributed by atoms with Gasteiger partial charge < -0.3 is 9.84 Å². The van der Waals surface area contributed by atoms with Gasteiger partial charge >= 0.3 is 0 Å². The maximum atomic E-state index is 11.3. The molecule has 5 saturated carbocycles. The molecule has 0 aromatic heterocycles. The Kier molecular flexibility index (Phi) is 2.95. The number of aliphatic hydroxyl groups excluding tert-OH is 1. The van der Waals surface area contributed by atoms with Gasteiger partial charge in [0.1, 0.15) is 6.23 Å². The van der Waals surface area contributed by atoms with Crippen LogP contribution in [-0.2, 0) is 4.74 Å². The maximum Gasteiger partial charge on any atom is 0.116 e. The molecular formula is C22H33NO2. The van der Waals surface area contributed by atoms with Crippen LogP contribution in [0.3, 0.4) is 0 Å². The van der Waals surface area contributed by atoms with E-state index >= 15 is 0 Å². The van der Waals surface area contributed by atoms with Crippen LogP contribution in [0.5, 0.6) is 0 Å². The molecular weight excluding hydrogens is 310 g/mol. The zero-order valence-corrected chi connectivity index (χ0v) is 15.7. The first-order chi connectivity index (χ1) is 12.0. The van der Waals surface area contributed by atoms with E-state index in [1.807, 2.05) is 0 Å². The quantitative estimate of drug-likeness (QED) is 0.683. The fourth-order valence-corrected chi connectivity index (χ4v) is 9.25. The molecule has 0 radical (unpaired) electrons. The normalized spacial score (nSPS) is 60.1. The predicted octanol–water partition coefficient (Wildman–Crippen LogP) is 3.58. The average Bonchev–Trinajstić information content (AvgIpc) is 3.07. The molecule has 0 aromatic carbocycles. The molecule has 7 rings (SSSR count). The van der Waals surface area contributed by atoms with Gasteiger partial charge in [0.2, 0.25) is 0 Å². The molecule has 3 nitrogen and oxygen atoms in total. The summed E-state index contributed by atoms with van der Waals surface area (Å²) in [6, 6.07) is 0. The Bertz CT molecular complexity index is 634. The topological polar surface area (TPSA) is 32.7 Å².